The highest BCUT2D eigenvalue weighted by atomic mass is 16.2. The summed E-state index contributed by atoms with van der Waals surface area (Å²) in [6.45, 7) is 1.05. The third-order valence-electron chi connectivity index (χ3n) is 4.54. The van der Waals surface area contributed by atoms with Crippen LogP contribution in [0.15, 0.2) is 0 Å². The molecule has 3 rings (SSSR count). The van der Waals surface area contributed by atoms with Crippen molar-refractivity contribution < 1.29 is 4.79 Å². The van der Waals surface area contributed by atoms with Crippen molar-refractivity contribution >= 4 is 5.91 Å². The average molecular weight is 236 g/mol. The van der Waals surface area contributed by atoms with Crippen LogP contribution in [-0.4, -0.2) is 29.4 Å². The zero-order chi connectivity index (χ0) is 11.8. The fraction of sp³-hybridized carbons (Fsp3) is 0.929. The molecule has 0 spiro atoms. The van der Waals surface area contributed by atoms with Crippen molar-refractivity contribution in [3.8, 4) is 0 Å². The quantitative estimate of drug-likeness (QED) is 0.810. The van der Waals surface area contributed by atoms with E-state index in [1.165, 1.54) is 25.7 Å². The molecule has 3 fully saturated rings. The first-order valence-electron chi connectivity index (χ1n) is 7.30. The van der Waals surface area contributed by atoms with Gasteiger partial charge in [-0.05, 0) is 57.3 Å². The Morgan fingerprint density at radius 3 is 2.18 bits per heavy atom. The van der Waals surface area contributed by atoms with Crippen LogP contribution in [0.25, 0.3) is 0 Å². The summed E-state index contributed by atoms with van der Waals surface area (Å²) >= 11 is 0. The van der Waals surface area contributed by atoms with Gasteiger partial charge in [0.2, 0.25) is 5.91 Å². The van der Waals surface area contributed by atoms with E-state index >= 15 is 0 Å². The van der Waals surface area contributed by atoms with E-state index in [4.69, 9.17) is 5.73 Å². The van der Waals surface area contributed by atoms with Gasteiger partial charge in [0.25, 0.3) is 0 Å². The van der Waals surface area contributed by atoms with Crippen LogP contribution in [0.3, 0.4) is 0 Å². The number of carbonyl (C=O) groups excluding carboxylic acids is 1. The highest BCUT2D eigenvalue weighted by molar-refractivity contribution is 5.79. The van der Waals surface area contributed by atoms with Crippen molar-refractivity contribution in [2.24, 2.45) is 17.6 Å². The minimum Gasteiger partial charge on any atom is -0.339 e. The van der Waals surface area contributed by atoms with Crippen LogP contribution in [0, 0.1) is 11.8 Å². The normalized spacial score (nSPS) is 33.5. The lowest BCUT2D eigenvalue weighted by molar-refractivity contribution is -0.137. The summed E-state index contributed by atoms with van der Waals surface area (Å²) in [6.07, 6.45) is 9.28. The SMILES string of the molecule is NC1CCC(C(=O)N(CC2CC2)C2CC2)CC1. The summed E-state index contributed by atoms with van der Waals surface area (Å²) in [5.74, 6) is 1.56. The van der Waals surface area contributed by atoms with E-state index in [1.807, 2.05) is 0 Å². The molecule has 3 heteroatoms. The Morgan fingerprint density at radius 2 is 1.65 bits per heavy atom. The Morgan fingerprint density at radius 1 is 1.00 bits per heavy atom. The second-order valence-electron chi connectivity index (χ2n) is 6.28. The lowest BCUT2D eigenvalue weighted by Gasteiger charge is -2.31. The van der Waals surface area contributed by atoms with E-state index in [0.717, 1.165) is 38.1 Å². The van der Waals surface area contributed by atoms with Crippen molar-refractivity contribution in [1.29, 1.82) is 0 Å². The molecule has 2 N–H and O–H groups in total. The lowest BCUT2D eigenvalue weighted by Crippen LogP contribution is -2.41. The van der Waals surface area contributed by atoms with Gasteiger partial charge in [-0.1, -0.05) is 0 Å². The number of nitrogens with two attached hydrogens (primary N) is 1. The van der Waals surface area contributed by atoms with Gasteiger partial charge in [-0.2, -0.15) is 0 Å². The van der Waals surface area contributed by atoms with Gasteiger partial charge in [0, 0.05) is 24.5 Å². The molecule has 0 aromatic carbocycles. The van der Waals surface area contributed by atoms with Crippen molar-refractivity contribution in [3.63, 3.8) is 0 Å². The minimum absolute atomic E-state index is 0.286. The molecule has 3 aliphatic carbocycles. The molecule has 0 saturated heterocycles. The highest BCUT2D eigenvalue weighted by Gasteiger charge is 2.39. The van der Waals surface area contributed by atoms with Gasteiger partial charge in [-0.15, -0.1) is 0 Å². The van der Waals surface area contributed by atoms with Crippen molar-refractivity contribution in [1.82, 2.24) is 4.90 Å². The molecule has 0 unspecified atom stereocenters. The van der Waals surface area contributed by atoms with Crippen molar-refractivity contribution in [2.75, 3.05) is 6.54 Å². The summed E-state index contributed by atoms with van der Waals surface area (Å²) in [6, 6.07) is 0.940. The van der Waals surface area contributed by atoms with E-state index in [-0.39, 0.29) is 5.92 Å². The van der Waals surface area contributed by atoms with Gasteiger partial charge in [0.05, 0.1) is 0 Å². The van der Waals surface area contributed by atoms with Gasteiger partial charge >= 0.3 is 0 Å². The third-order valence-corrected chi connectivity index (χ3v) is 4.54. The molecule has 3 nitrogen and oxygen atoms in total. The lowest BCUT2D eigenvalue weighted by atomic mass is 9.85. The second-order valence-corrected chi connectivity index (χ2v) is 6.28. The van der Waals surface area contributed by atoms with Crippen LogP contribution in [0.2, 0.25) is 0 Å². The van der Waals surface area contributed by atoms with Crippen LogP contribution in [0.5, 0.6) is 0 Å². The number of hydrogen-bond acceptors (Lipinski definition) is 2. The molecule has 0 atom stereocenters. The summed E-state index contributed by atoms with van der Waals surface area (Å²) in [7, 11) is 0. The Kier molecular flexibility index (Phi) is 3.12. The molecule has 3 saturated carbocycles. The van der Waals surface area contributed by atoms with Crippen molar-refractivity contribution in [2.45, 2.75) is 63.5 Å². The standard InChI is InChI=1S/C14H24N2O/c15-12-5-3-11(4-6-12)14(17)16(13-7-8-13)9-10-1-2-10/h10-13H,1-9,15H2. The molecule has 3 aliphatic rings. The van der Waals surface area contributed by atoms with E-state index in [9.17, 15) is 4.79 Å². The Labute approximate surface area is 104 Å². The summed E-state index contributed by atoms with van der Waals surface area (Å²) in [4.78, 5) is 14.8. The smallest absolute Gasteiger partial charge is 0.225 e. The zero-order valence-electron chi connectivity index (χ0n) is 10.6. The number of hydrogen-bond donors (Lipinski definition) is 1. The Hall–Kier alpha value is -0.570. The second kappa shape index (κ2) is 4.60. The number of rotatable bonds is 4. The molecule has 0 aromatic rings. The first kappa shape index (κ1) is 11.5. The van der Waals surface area contributed by atoms with E-state index < -0.39 is 0 Å². The van der Waals surface area contributed by atoms with Crippen LogP contribution in [0.4, 0.5) is 0 Å². The summed E-state index contributed by atoms with van der Waals surface area (Å²) < 4.78 is 0. The van der Waals surface area contributed by atoms with Gasteiger partial charge in [0.1, 0.15) is 0 Å². The predicted octanol–water partition coefficient (Wildman–Crippen LogP) is 1.90. The van der Waals surface area contributed by atoms with Gasteiger partial charge in [-0.25, -0.2) is 0 Å². The Bertz CT molecular complexity index is 289. The molecular weight excluding hydrogens is 212 g/mol. The predicted molar refractivity (Wildman–Crippen MR) is 67.4 cm³/mol. The molecule has 1 amide bonds. The third kappa shape index (κ3) is 2.82. The molecule has 0 bridgehead atoms. The summed E-state index contributed by atoms with van der Waals surface area (Å²) in [5.41, 5.74) is 5.91. The largest absolute Gasteiger partial charge is 0.339 e. The van der Waals surface area contributed by atoms with Gasteiger partial charge < -0.3 is 10.6 Å². The molecule has 0 heterocycles. The molecular formula is C14H24N2O. The molecule has 17 heavy (non-hydrogen) atoms. The fourth-order valence-electron chi connectivity index (χ4n) is 2.98. The van der Waals surface area contributed by atoms with Crippen LogP contribution in [-0.2, 0) is 4.79 Å². The fourth-order valence-corrected chi connectivity index (χ4v) is 2.98. The molecule has 0 aromatic heterocycles. The highest BCUT2D eigenvalue weighted by Crippen LogP contribution is 2.37. The van der Waals surface area contributed by atoms with Crippen LogP contribution >= 0.6 is 0 Å². The Balaban J connectivity index is 1.57. The maximum absolute atomic E-state index is 12.5. The monoisotopic (exact) mass is 236 g/mol. The maximum atomic E-state index is 12.5. The molecule has 96 valence electrons. The summed E-state index contributed by atoms with van der Waals surface area (Å²) in [5, 5.41) is 0. The van der Waals surface area contributed by atoms with Crippen LogP contribution in [0.1, 0.15) is 51.4 Å². The first-order chi connectivity index (χ1) is 8.24. The van der Waals surface area contributed by atoms with Crippen LogP contribution < -0.4 is 5.73 Å². The van der Waals surface area contributed by atoms with Gasteiger partial charge in [-0.3, -0.25) is 4.79 Å². The maximum Gasteiger partial charge on any atom is 0.225 e. The van der Waals surface area contributed by atoms with E-state index in [1.54, 1.807) is 0 Å². The minimum atomic E-state index is 0.286. The average Bonchev–Trinajstić information content (AvgIpc) is 3.18. The number of carbonyl (C=O) groups is 1. The van der Waals surface area contributed by atoms with E-state index in [0.29, 0.717) is 18.0 Å². The number of amides is 1. The van der Waals surface area contributed by atoms with Crippen molar-refractivity contribution in [3.05, 3.63) is 0 Å². The number of nitrogens with zero attached hydrogens (tertiary/aromatic N) is 1. The van der Waals surface area contributed by atoms with E-state index in [2.05, 4.69) is 4.90 Å². The zero-order valence-corrected chi connectivity index (χ0v) is 10.6. The topological polar surface area (TPSA) is 46.3 Å². The molecule has 0 aliphatic heterocycles. The van der Waals surface area contributed by atoms with Gasteiger partial charge in [0.15, 0.2) is 0 Å². The first-order valence-corrected chi connectivity index (χ1v) is 7.30. The molecule has 0 radical (unpaired) electrons.